The van der Waals surface area contributed by atoms with E-state index in [4.69, 9.17) is 9.47 Å². The van der Waals surface area contributed by atoms with Crippen LogP contribution in [0.5, 0.6) is 11.5 Å². The topological polar surface area (TPSA) is 145 Å². The number of aliphatic hydroxyl groups is 3. The van der Waals surface area contributed by atoms with Crippen molar-refractivity contribution in [2.24, 2.45) is 0 Å². The lowest BCUT2D eigenvalue weighted by molar-refractivity contribution is -0.272. The number of phenolic OH excluding ortho intramolecular Hbond substituents is 1. The first-order valence-electron chi connectivity index (χ1n) is 11.1. The molecule has 184 valence electrons. The molecule has 1 aromatic heterocycles. The molecule has 3 heterocycles. The summed E-state index contributed by atoms with van der Waals surface area (Å²) in [6.07, 6.45) is 0.800. The van der Waals surface area contributed by atoms with Crippen molar-refractivity contribution in [1.29, 1.82) is 0 Å². The first kappa shape index (κ1) is 24.2. The van der Waals surface area contributed by atoms with Gasteiger partial charge in [0.05, 0.1) is 29.1 Å². The van der Waals surface area contributed by atoms with Crippen LogP contribution in [-0.2, 0) is 4.74 Å². The fourth-order valence-corrected chi connectivity index (χ4v) is 4.74. The first-order chi connectivity index (χ1) is 16.0. The van der Waals surface area contributed by atoms with Gasteiger partial charge in [-0.05, 0) is 52.4 Å². The van der Waals surface area contributed by atoms with Crippen LogP contribution in [-0.4, -0.2) is 68.1 Å². The Morgan fingerprint density at radius 1 is 1.32 bits per heavy atom. The third-order valence-corrected chi connectivity index (χ3v) is 6.61. The molecule has 0 saturated carbocycles. The molecule has 2 aromatic rings. The van der Waals surface area contributed by atoms with Gasteiger partial charge in [-0.1, -0.05) is 12.2 Å². The highest BCUT2D eigenvalue weighted by Gasteiger charge is 2.52. The molecule has 6 atom stereocenters. The smallest absolute Gasteiger partial charge is 0.264 e. The zero-order valence-electron chi connectivity index (χ0n) is 19.7. The number of rotatable bonds is 4. The fraction of sp³-hybridized carbons (Fsp3) is 0.458. The summed E-state index contributed by atoms with van der Waals surface area (Å²) in [6, 6.07) is 2.56. The summed E-state index contributed by atoms with van der Waals surface area (Å²) in [7, 11) is 1.66. The number of hydrogen-bond donors (Lipinski definition) is 6. The molecule has 10 heteroatoms. The molecule has 10 nitrogen and oxygen atoms in total. The van der Waals surface area contributed by atoms with Crippen molar-refractivity contribution in [2.45, 2.75) is 64.1 Å². The van der Waals surface area contributed by atoms with E-state index in [0.29, 0.717) is 5.69 Å². The molecule has 1 saturated heterocycles. The Balaban J connectivity index is 1.74. The van der Waals surface area contributed by atoms with Crippen LogP contribution in [0, 0.1) is 6.92 Å². The highest BCUT2D eigenvalue weighted by atomic mass is 16.7. The Morgan fingerprint density at radius 2 is 2.03 bits per heavy atom. The highest BCUT2D eigenvalue weighted by Crippen LogP contribution is 2.43. The van der Waals surface area contributed by atoms with Gasteiger partial charge >= 0.3 is 0 Å². The van der Waals surface area contributed by atoms with Gasteiger partial charge in [0.25, 0.3) is 5.91 Å². The van der Waals surface area contributed by atoms with E-state index in [2.05, 4.69) is 10.6 Å². The molecule has 0 spiro atoms. The monoisotopic (exact) mass is 473 g/mol. The number of aromatic hydroxyl groups is 1. The van der Waals surface area contributed by atoms with Crippen molar-refractivity contribution in [3.8, 4) is 11.5 Å². The van der Waals surface area contributed by atoms with E-state index in [1.165, 1.54) is 17.6 Å². The molecule has 2 aliphatic rings. The van der Waals surface area contributed by atoms with E-state index >= 15 is 0 Å². The second-order valence-corrected chi connectivity index (χ2v) is 8.96. The minimum absolute atomic E-state index is 0.0664. The Hall–Kier alpha value is -2.89. The average Bonchev–Trinajstić information content (AvgIpc) is 3.17. The van der Waals surface area contributed by atoms with E-state index in [9.17, 15) is 25.2 Å². The van der Waals surface area contributed by atoms with Gasteiger partial charge in [-0.15, -0.1) is 0 Å². The summed E-state index contributed by atoms with van der Waals surface area (Å²) in [5.41, 5.74) is -0.106. The van der Waals surface area contributed by atoms with E-state index in [1.807, 2.05) is 13.0 Å². The molecule has 1 fully saturated rings. The van der Waals surface area contributed by atoms with Crippen molar-refractivity contribution < 1.29 is 34.7 Å². The van der Waals surface area contributed by atoms with Crippen molar-refractivity contribution in [3.63, 3.8) is 0 Å². The number of aliphatic hydroxyl groups excluding tert-OH is 2. The lowest BCUT2D eigenvalue weighted by Crippen LogP contribution is -2.69. The Labute approximate surface area is 197 Å². The Bertz CT molecular complexity index is 1140. The number of hydrogen-bond acceptors (Lipinski definition) is 9. The Kier molecular flexibility index (Phi) is 6.21. The molecule has 34 heavy (non-hydrogen) atoms. The number of anilines is 1. The predicted molar refractivity (Wildman–Crippen MR) is 125 cm³/mol. The SMILES string of the molecule is CC=Cc1cc2n(c1)C(=O)c1cc(O[C@@H]3O[C@H](C)[C@@H](NC)[C@@](C)(O)[C@@H]3O)c(C)c(O)c1NC2O. The number of benzene rings is 1. The van der Waals surface area contributed by atoms with Crippen molar-refractivity contribution in [3.05, 3.63) is 46.8 Å². The van der Waals surface area contributed by atoms with E-state index in [-0.39, 0.29) is 28.3 Å². The standard InChI is InChI=1S/C24H31N3O7/c1-6-7-13-8-15-21(30)26-17-14(22(31)27(15)10-13)9-16(11(2)18(17)28)34-23-20(29)24(4,32)19(25-5)12(3)33-23/h6-10,12,19-21,23,25-26,28-30,32H,1-5H3/t12-,19-,20-,21?,23+,24-/m1/s1. The molecular formula is C24H31N3O7. The van der Waals surface area contributed by atoms with E-state index in [1.54, 1.807) is 39.2 Å². The predicted octanol–water partition coefficient (Wildman–Crippen LogP) is 1.46. The zero-order valence-corrected chi connectivity index (χ0v) is 19.7. The lowest BCUT2D eigenvalue weighted by atomic mass is 9.84. The van der Waals surface area contributed by atoms with E-state index < -0.39 is 42.3 Å². The van der Waals surface area contributed by atoms with Gasteiger partial charge < -0.3 is 40.5 Å². The number of ether oxygens (including phenoxy) is 2. The number of nitrogens with zero attached hydrogens (tertiary/aromatic N) is 1. The summed E-state index contributed by atoms with van der Waals surface area (Å²) in [6.45, 7) is 6.65. The molecule has 1 aromatic carbocycles. The third kappa shape index (κ3) is 3.77. The van der Waals surface area contributed by atoms with Crippen molar-refractivity contribution >= 4 is 17.7 Å². The van der Waals surface area contributed by atoms with Crippen LogP contribution in [0.2, 0.25) is 0 Å². The minimum atomic E-state index is -1.57. The number of carbonyl (C=O) groups is 1. The van der Waals surface area contributed by atoms with Gasteiger partial charge in [-0.3, -0.25) is 9.36 Å². The van der Waals surface area contributed by atoms with Crippen LogP contribution in [0.3, 0.4) is 0 Å². The van der Waals surface area contributed by atoms with Gasteiger partial charge in [0, 0.05) is 11.8 Å². The van der Waals surface area contributed by atoms with Crippen LogP contribution in [0.25, 0.3) is 6.08 Å². The van der Waals surface area contributed by atoms with Crippen LogP contribution in [0.15, 0.2) is 24.4 Å². The lowest BCUT2D eigenvalue weighted by Gasteiger charge is -2.47. The van der Waals surface area contributed by atoms with Gasteiger partial charge in [-0.25, -0.2) is 0 Å². The largest absolute Gasteiger partial charge is 0.505 e. The summed E-state index contributed by atoms with van der Waals surface area (Å²) in [5.74, 6) is -0.664. The van der Waals surface area contributed by atoms with Crippen LogP contribution >= 0.6 is 0 Å². The Morgan fingerprint density at radius 3 is 2.68 bits per heavy atom. The quantitative estimate of drug-likeness (QED) is 0.364. The van der Waals surface area contributed by atoms with E-state index in [0.717, 1.165) is 5.56 Å². The van der Waals surface area contributed by atoms with Gasteiger partial charge in [0.1, 0.15) is 23.2 Å². The normalized spacial score (nSPS) is 31.1. The van der Waals surface area contributed by atoms with Crippen LogP contribution < -0.4 is 15.4 Å². The molecule has 0 radical (unpaired) electrons. The minimum Gasteiger partial charge on any atom is -0.505 e. The maximum Gasteiger partial charge on any atom is 0.264 e. The van der Waals surface area contributed by atoms with Crippen molar-refractivity contribution in [2.75, 3.05) is 12.4 Å². The summed E-state index contributed by atoms with van der Waals surface area (Å²) in [5, 5.41) is 48.9. The number of carbonyl (C=O) groups excluding carboxylic acids is 1. The number of likely N-dealkylation sites (N-methyl/N-ethyl adjacent to an activating group) is 1. The van der Waals surface area contributed by atoms with Gasteiger partial charge in [-0.2, -0.15) is 0 Å². The number of allylic oxidation sites excluding steroid dienone is 1. The molecule has 1 unspecified atom stereocenters. The second kappa shape index (κ2) is 8.71. The maximum atomic E-state index is 13.4. The summed E-state index contributed by atoms with van der Waals surface area (Å²) >= 11 is 0. The molecule has 4 rings (SSSR count). The average molecular weight is 474 g/mol. The number of fused-ring (bicyclic) bond motifs is 2. The van der Waals surface area contributed by atoms with Crippen molar-refractivity contribution in [1.82, 2.24) is 9.88 Å². The van der Waals surface area contributed by atoms with Crippen LogP contribution in [0.4, 0.5) is 5.69 Å². The van der Waals surface area contributed by atoms with Crippen LogP contribution in [0.1, 0.15) is 54.2 Å². The molecular weight excluding hydrogens is 442 g/mol. The first-order valence-corrected chi connectivity index (χ1v) is 11.1. The molecule has 6 N–H and O–H groups in total. The zero-order chi connectivity index (χ0) is 24.9. The number of aromatic nitrogens is 1. The summed E-state index contributed by atoms with van der Waals surface area (Å²) < 4.78 is 13.0. The second-order valence-electron chi connectivity index (χ2n) is 8.96. The maximum absolute atomic E-state index is 13.4. The molecule has 0 bridgehead atoms. The molecule has 2 aliphatic heterocycles. The number of phenols is 1. The molecule has 0 amide bonds. The molecule has 0 aliphatic carbocycles. The van der Waals surface area contributed by atoms with Gasteiger partial charge in [0.2, 0.25) is 6.29 Å². The number of nitrogens with one attached hydrogen (secondary N) is 2. The summed E-state index contributed by atoms with van der Waals surface area (Å²) in [4.78, 5) is 13.4. The van der Waals surface area contributed by atoms with Gasteiger partial charge in [0.15, 0.2) is 6.23 Å². The fourth-order valence-electron chi connectivity index (χ4n) is 4.74. The third-order valence-electron chi connectivity index (χ3n) is 6.61. The highest BCUT2D eigenvalue weighted by molar-refractivity contribution is 6.04.